The minimum Gasteiger partial charge on any atom is -0.378 e. The van der Waals surface area contributed by atoms with Crippen molar-refractivity contribution >= 4 is 16.6 Å². The summed E-state index contributed by atoms with van der Waals surface area (Å²) in [5, 5.41) is 0.935. The van der Waals surface area contributed by atoms with E-state index in [1.807, 2.05) is 6.07 Å². The molecule has 1 N–H and O–H groups in total. The van der Waals surface area contributed by atoms with E-state index in [1.54, 1.807) is 6.07 Å². The summed E-state index contributed by atoms with van der Waals surface area (Å²) in [7, 11) is 2.15. The molecular formula is C22H24FN3O. The monoisotopic (exact) mass is 365 g/mol. The van der Waals surface area contributed by atoms with Gasteiger partial charge in [0.25, 0.3) is 0 Å². The zero-order valence-electron chi connectivity index (χ0n) is 15.5. The number of ether oxygens (including phenoxy) is 1. The molecule has 1 aromatic heterocycles. The summed E-state index contributed by atoms with van der Waals surface area (Å²) >= 11 is 0. The van der Waals surface area contributed by atoms with Gasteiger partial charge in [-0.15, -0.1) is 0 Å². The molecule has 4 nitrogen and oxygen atoms in total. The number of aromatic nitrogens is 1. The first-order valence-corrected chi connectivity index (χ1v) is 9.60. The predicted octanol–water partition coefficient (Wildman–Crippen LogP) is 3.72. The molecule has 5 rings (SSSR count). The Balaban J connectivity index is 1.54. The van der Waals surface area contributed by atoms with E-state index in [0.29, 0.717) is 5.52 Å². The molecule has 2 aliphatic heterocycles. The Bertz CT molecular complexity index is 977. The first-order valence-electron chi connectivity index (χ1n) is 9.60. The zero-order chi connectivity index (χ0) is 18.4. The van der Waals surface area contributed by atoms with Crippen molar-refractivity contribution in [2.75, 3.05) is 44.8 Å². The molecule has 140 valence electrons. The second-order valence-electron chi connectivity index (χ2n) is 7.66. The Morgan fingerprint density at radius 2 is 1.96 bits per heavy atom. The van der Waals surface area contributed by atoms with Crippen molar-refractivity contribution in [1.29, 1.82) is 0 Å². The van der Waals surface area contributed by atoms with Gasteiger partial charge in [0.1, 0.15) is 5.82 Å². The third-order valence-corrected chi connectivity index (χ3v) is 5.81. The number of nitrogens with zero attached hydrogens (tertiary/aromatic N) is 2. The van der Waals surface area contributed by atoms with Crippen LogP contribution in [0.4, 0.5) is 10.1 Å². The lowest BCUT2D eigenvalue weighted by atomic mass is 9.87. The molecule has 3 heterocycles. The lowest BCUT2D eigenvalue weighted by Gasteiger charge is -2.34. The van der Waals surface area contributed by atoms with Gasteiger partial charge in [-0.25, -0.2) is 4.39 Å². The van der Waals surface area contributed by atoms with Crippen molar-refractivity contribution < 1.29 is 9.13 Å². The number of aromatic amines is 1. The highest BCUT2D eigenvalue weighted by Crippen LogP contribution is 2.36. The standard InChI is InChI=1S/C22H24FN3O/c1-25-13-16-11-17(26-7-9-27-10-8-26)5-6-18(16)19(14-25)21-12-15-3-2-4-20(23)22(15)24-21/h2-6,11-12,19,24H,7-10,13-14H2,1H3. The Morgan fingerprint density at radius 3 is 2.78 bits per heavy atom. The van der Waals surface area contributed by atoms with Gasteiger partial charge in [-0.2, -0.15) is 0 Å². The van der Waals surface area contributed by atoms with Crippen LogP contribution in [0.15, 0.2) is 42.5 Å². The van der Waals surface area contributed by atoms with Crippen LogP contribution in [0.5, 0.6) is 0 Å². The van der Waals surface area contributed by atoms with Crippen molar-refractivity contribution in [3.63, 3.8) is 0 Å². The maximum atomic E-state index is 14.1. The van der Waals surface area contributed by atoms with Gasteiger partial charge in [-0.1, -0.05) is 18.2 Å². The lowest BCUT2D eigenvalue weighted by molar-refractivity contribution is 0.122. The molecule has 2 aromatic carbocycles. The summed E-state index contributed by atoms with van der Waals surface area (Å²) in [6.07, 6.45) is 0. The van der Waals surface area contributed by atoms with Crippen LogP contribution in [0.3, 0.4) is 0 Å². The third kappa shape index (κ3) is 3.01. The molecule has 0 radical (unpaired) electrons. The number of morpholine rings is 1. The molecule has 3 aromatic rings. The van der Waals surface area contributed by atoms with E-state index in [2.05, 4.69) is 46.1 Å². The highest BCUT2D eigenvalue weighted by atomic mass is 19.1. The van der Waals surface area contributed by atoms with Crippen molar-refractivity contribution in [2.45, 2.75) is 12.5 Å². The van der Waals surface area contributed by atoms with Crippen molar-refractivity contribution in [2.24, 2.45) is 0 Å². The first kappa shape index (κ1) is 16.8. The van der Waals surface area contributed by atoms with E-state index < -0.39 is 0 Å². The topological polar surface area (TPSA) is 31.5 Å². The van der Waals surface area contributed by atoms with Gasteiger partial charge in [0.2, 0.25) is 0 Å². The summed E-state index contributed by atoms with van der Waals surface area (Å²) in [6.45, 7) is 5.34. The van der Waals surface area contributed by atoms with Crippen molar-refractivity contribution in [1.82, 2.24) is 9.88 Å². The maximum absolute atomic E-state index is 14.1. The van der Waals surface area contributed by atoms with Gasteiger partial charge in [-0.05, 0) is 42.4 Å². The molecule has 1 unspecified atom stereocenters. The van der Waals surface area contributed by atoms with Gasteiger partial charge >= 0.3 is 0 Å². The molecule has 1 saturated heterocycles. The quantitative estimate of drug-likeness (QED) is 0.751. The number of likely N-dealkylation sites (N-methyl/N-ethyl adjacent to an activating group) is 1. The lowest BCUT2D eigenvalue weighted by Crippen LogP contribution is -2.37. The zero-order valence-corrected chi connectivity index (χ0v) is 15.5. The fraction of sp³-hybridized carbons (Fsp3) is 0.364. The number of halogens is 1. The van der Waals surface area contributed by atoms with E-state index in [0.717, 1.165) is 50.5 Å². The molecule has 1 fully saturated rings. The summed E-state index contributed by atoms with van der Waals surface area (Å²) in [4.78, 5) is 8.08. The van der Waals surface area contributed by atoms with E-state index in [9.17, 15) is 4.39 Å². The molecule has 1 atom stereocenters. The number of rotatable bonds is 2. The van der Waals surface area contributed by atoms with E-state index in [1.165, 1.54) is 22.9 Å². The largest absolute Gasteiger partial charge is 0.378 e. The summed E-state index contributed by atoms with van der Waals surface area (Å²) in [6, 6.07) is 14.2. The van der Waals surface area contributed by atoms with Crippen LogP contribution >= 0.6 is 0 Å². The van der Waals surface area contributed by atoms with Gasteiger partial charge in [0.05, 0.1) is 18.7 Å². The Hall–Kier alpha value is -2.37. The van der Waals surface area contributed by atoms with Crippen LogP contribution in [0.25, 0.3) is 10.9 Å². The average molecular weight is 365 g/mol. The van der Waals surface area contributed by atoms with Crippen molar-refractivity contribution in [3.05, 3.63) is 65.1 Å². The number of para-hydroxylation sites is 1. The van der Waals surface area contributed by atoms with Gasteiger partial charge in [-0.3, -0.25) is 0 Å². The molecule has 0 saturated carbocycles. The smallest absolute Gasteiger partial charge is 0.147 e. The SMILES string of the molecule is CN1Cc2cc(N3CCOCC3)ccc2C(c2cc3cccc(F)c3[nH]2)C1. The number of H-pyrrole nitrogens is 1. The maximum Gasteiger partial charge on any atom is 0.147 e. The molecule has 0 aliphatic carbocycles. The summed E-state index contributed by atoms with van der Waals surface area (Å²) < 4.78 is 19.6. The van der Waals surface area contributed by atoms with Crippen LogP contribution in [0, 0.1) is 5.82 Å². The number of fused-ring (bicyclic) bond motifs is 2. The number of benzene rings is 2. The summed E-state index contributed by atoms with van der Waals surface area (Å²) in [5.74, 6) is 0.0371. The number of anilines is 1. The molecular weight excluding hydrogens is 341 g/mol. The Kier molecular flexibility index (Phi) is 4.14. The van der Waals surface area contributed by atoms with Gasteiger partial charge in [0.15, 0.2) is 0 Å². The van der Waals surface area contributed by atoms with E-state index in [4.69, 9.17) is 4.74 Å². The van der Waals surface area contributed by atoms with Gasteiger partial charge in [0, 0.05) is 48.9 Å². The van der Waals surface area contributed by atoms with Crippen molar-refractivity contribution in [3.8, 4) is 0 Å². The molecule has 0 bridgehead atoms. The first-order chi connectivity index (χ1) is 13.2. The van der Waals surface area contributed by atoms with Crippen LogP contribution in [0.1, 0.15) is 22.7 Å². The fourth-order valence-electron chi connectivity index (χ4n) is 4.45. The van der Waals surface area contributed by atoms with Crippen LogP contribution in [-0.4, -0.2) is 49.8 Å². The molecule has 2 aliphatic rings. The average Bonchev–Trinajstić information content (AvgIpc) is 3.13. The Labute approximate surface area is 158 Å². The number of hydrogen-bond donors (Lipinski definition) is 1. The second-order valence-corrected chi connectivity index (χ2v) is 7.66. The number of nitrogens with one attached hydrogen (secondary N) is 1. The summed E-state index contributed by atoms with van der Waals surface area (Å²) in [5.41, 5.74) is 5.66. The molecule has 27 heavy (non-hydrogen) atoms. The van der Waals surface area contributed by atoms with Crippen LogP contribution < -0.4 is 4.90 Å². The third-order valence-electron chi connectivity index (χ3n) is 5.81. The molecule has 0 amide bonds. The highest BCUT2D eigenvalue weighted by molar-refractivity contribution is 5.81. The second kappa shape index (κ2) is 6.66. The minimum absolute atomic E-state index is 0.189. The number of hydrogen-bond acceptors (Lipinski definition) is 3. The fourth-order valence-corrected chi connectivity index (χ4v) is 4.45. The van der Waals surface area contributed by atoms with Gasteiger partial charge < -0.3 is 19.5 Å². The van der Waals surface area contributed by atoms with E-state index >= 15 is 0 Å². The molecule has 0 spiro atoms. The highest BCUT2D eigenvalue weighted by Gasteiger charge is 2.27. The molecule has 5 heteroatoms. The minimum atomic E-state index is -0.189. The predicted molar refractivity (Wildman–Crippen MR) is 106 cm³/mol. The normalized spacial score (nSPS) is 20.8. The van der Waals surface area contributed by atoms with Crippen LogP contribution in [0.2, 0.25) is 0 Å². The van der Waals surface area contributed by atoms with Crippen LogP contribution in [-0.2, 0) is 11.3 Å². The van der Waals surface area contributed by atoms with E-state index in [-0.39, 0.29) is 11.7 Å². The Morgan fingerprint density at radius 1 is 1.11 bits per heavy atom.